The SMILES string of the molecule is N#CCc1cccc(C(=O)c2ccc(F)cc2)c1. The van der Waals surface area contributed by atoms with E-state index in [1.54, 1.807) is 24.3 Å². The summed E-state index contributed by atoms with van der Waals surface area (Å²) in [7, 11) is 0. The Morgan fingerprint density at radius 2 is 1.83 bits per heavy atom. The molecule has 0 aromatic heterocycles. The van der Waals surface area contributed by atoms with Crippen LogP contribution in [0.2, 0.25) is 0 Å². The van der Waals surface area contributed by atoms with Gasteiger partial charge >= 0.3 is 0 Å². The van der Waals surface area contributed by atoms with Crippen molar-refractivity contribution in [2.75, 3.05) is 0 Å². The standard InChI is InChI=1S/C15H10FNO/c16-14-6-4-12(5-7-14)15(18)13-3-1-2-11(10-13)8-9-17/h1-7,10H,8H2. The summed E-state index contributed by atoms with van der Waals surface area (Å²) < 4.78 is 12.8. The highest BCUT2D eigenvalue weighted by Crippen LogP contribution is 2.12. The molecule has 2 aromatic rings. The molecular formula is C15H10FNO. The van der Waals surface area contributed by atoms with Crippen LogP contribution in [0.15, 0.2) is 48.5 Å². The summed E-state index contributed by atoms with van der Waals surface area (Å²) in [5.41, 5.74) is 1.74. The lowest BCUT2D eigenvalue weighted by Crippen LogP contribution is -2.01. The summed E-state index contributed by atoms with van der Waals surface area (Å²) in [6.45, 7) is 0. The van der Waals surface area contributed by atoms with E-state index in [1.807, 2.05) is 6.07 Å². The topological polar surface area (TPSA) is 40.9 Å². The van der Waals surface area contributed by atoms with Gasteiger partial charge in [0.15, 0.2) is 5.78 Å². The molecule has 0 amide bonds. The normalized spacial score (nSPS) is 9.78. The Bertz CT molecular complexity index is 611. The number of ketones is 1. The van der Waals surface area contributed by atoms with Crippen LogP contribution in [0.5, 0.6) is 0 Å². The number of halogens is 1. The second-order valence-corrected chi connectivity index (χ2v) is 3.87. The molecule has 0 aliphatic rings. The highest BCUT2D eigenvalue weighted by molar-refractivity contribution is 6.09. The summed E-state index contributed by atoms with van der Waals surface area (Å²) in [5, 5.41) is 8.62. The van der Waals surface area contributed by atoms with Crippen LogP contribution >= 0.6 is 0 Å². The van der Waals surface area contributed by atoms with Crippen LogP contribution in [0.1, 0.15) is 21.5 Å². The van der Waals surface area contributed by atoms with Crippen LogP contribution in [-0.2, 0) is 6.42 Å². The fourth-order valence-electron chi connectivity index (χ4n) is 1.68. The van der Waals surface area contributed by atoms with Gasteiger partial charge in [-0.15, -0.1) is 0 Å². The minimum Gasteiger partial charge on any atom is -0.289 e. The van der Waals surface area contributed by atoms with Gasteiger partial charge in [0.05, 0.1) is 12.5 Å². The predicted molar refractivity (Wildman–Crippen MR) is 65.6 cm³/mol. The minimum atomic E-state index is -0.371. The third-order valence-corrected chi connectivity index (χ3v) is 2.58. The molecule has 2 rings (SSSR count). The van der Waals surface area contributed by atoms with Gasteiger partial charge < -0.3 is 0 Å². The Morgan fingerprint density at radius 3 is 2.50 bits per heavy atom. The zero-order chi connectivity index (χ0) is 13.0. The molecular weight excluding hydrogens is 229 g/mol. The molecule has 18 heavy (non-hydrogen) atoms. The van der Waals surface area contributed by atoms with E-state index < -0.39 is 0 Å². The summed E-state index contributed by atoms with van der Waals surface area (Å²) >= 11 is 0. The maximum absolute atomic E-state index is 12.8. The molecule has 88 valence electrons. The number of benzene rings is 2. The number of nitrogens with zero attached hydrogens (tertiary/aromatic N) is 1. The van der Waals surface area contributed by atoms with E-state index in [2.05, 4.69) is 0 Å². The van der Waals surface area contributed by atoms with Gasteiger partial charge in [-0.2, -0.15) is 5.26 Å². The highest BCUT2D eigenvalue weighted by Gasteiger charge is 2.09. The van der Waals surface area contributed by atoms with E-state index in [9.17, 15) is 9.18 Å². The molecule has 2 aromatic carbocycles. The average Bonchev–Trinajstić information content (AvgIpc) is 2.39. The van der Waals surface area contributed by atoms with Gasteiger partial charge in [0, 0.05) is 11.1 Å². The van der Waals surface area contributed by atoms with Crippen molar-refractivity contribution < 1.29 is 9.18 Å². The van der Waals surface area contributed by atoms with E-state index in [4.69, 9.17) is 5.26 Å². The molecule has 0 bridgehead atoms. The maximum atomic E-state index is 12.8. The number of hydrogen-bond donors (Lipinski definition) is 0. The van der Waals surface area contributed by atoms with Crippen molar-refractivity contribution in [3.8, 4) is 6.07 Å². The van der Waals surface area contributed by atoms with Gasteiger partial charge in [-0.3, -0.25) is 4.79 Å². The lowest BCUT2D eigenvalue weighted by Gasteiger charge is -2.02. The fraction of sp³-hybridized carbons (Fsp3) is 0.0667. The minimum absolute atomic E-state index is 0.171. The van der Waals surface area contributed by atoms with Crippen molar-refractivity contribution >= 4 is 5.78 Å². The van der Waals surface area contributed by atoms with Gasteiger partial charge in [0.1, 0.15) is 5.82 Å². The van der Waals surface area contributed by atoms with Crippen molar-refractivity contribution in [2.45, 2.75) is 6.42 Å². The van der Waals surface area contributed by atoms with E-state index in [1.165, 1.54) is 24.3 Å². The van der Waals surface area contributed by atoms with Gasteiger partial charge in [0.25, 0.3) is 0 Å². The molecule has 0 atom stereocenters. The van der Waals surface area contributed by atoms with Crippen molar-refractivity contribution in [2.24, 2.45) is 0 Å². The Balaban J connectivity index is 2.31. The molecule has 0 saturated carbocycles. The molecule has 0 fully saturated rings. The second-order valence-electron chi connectivity index (χ2n) is 3.87. The lowest BCUT2D eigenvalue weighted by atomic mass is 10.0. The van der Waals surface area contributed by atoms with Gasteiger partial charge in [-0.1, -0.05) is 18.2 Å². The van der Waals surface area contributed by atoms with Crippen molar-refractivity contribution in [1.29, 1.82) is 5.26 Å². The Labute approximate surface area is 104 Å². The van der Waals surface area contributed by atoms with E-state index in [-0.39, 0.29) is 18.0 Å². The molecule has 2 nitrogen and oxygen atoms in total. The average molecular weight is 239 g/mol. The largest absolute Gasteiger partial charge is 0.289 e. The molecule has 0 unspecified atom stereocenters. The molecule has 3 heteroatoms. The Kier molecular flexibility index (Phi) is 3.49. The molecule has 0 aliphatic heterocycles. The molecule has 0 radical (unpaired) electrons. The third-order valence-electron chi connectivity index (χ3n) is 2.58. The monoisotopic (exact) mass is 239 g/mol. The molecule has 0 heterocycles. The van der Waals surface area contributed by atoms with Crippen LogP contribution in [-0.4, -0.2) is 5.78 Å². The van der Waals surface area contributed by atoms with Crippen LogP contribution in [0.25, 0.3) is 0 Å². The van der Waals surface area contributed by atoms with Crippen LogP contribution in [0.3, 0.4) is 0 Å². The zero-order valence-electron chi connectivity index (χ0n) is 9.56. The fourth-order valence-corrected chi connectivity index (χ4v) is 1.68. The number of rotatable bonds is 3. The van der Waals surface area contributed by atoms with Gasteiger partial charge in [0.2, 0.25) is 0 Å². The molecule has 0 spiro atoms. The molecule has 0 aliphatic carbocycles. The van der Waals surface area contributed by atoms with Crippen LogP contribution < -0.4 is 0 Å². The number of carbonyl (C=O) groups is 1. The first kappa shape index (κ1) is 12.0. The lowest BCUT2D eigenvalue weighted by molar-refractivity contribution is 0.103. The smallest absolute Gasteiger partial charge is 0.193 e. The van der Waals surface area contributed by atoms with E-state index in [0.29, 0.717) is 11.1 Å². The summed E-state index contributed by atoms with van der Waals surface area (Å²) in [6, 6.07) is 14.4. The van der Waals surface area contributed by atoms with E-state index in [0.717, 1.165) is 5.56 Å². The quantitative estimate of drug-likeness (QED) is 0.772. The first-order valence-electron chi connectivity index (χ1n) is 5.47. The zero-order valence-corrected chi connectivity index (χ0v) is 9.56. The Morgan fingerprint density at radius 1 is 1.11 bits per heavy atom. The maximum Gasteiger partial charge on any atom is 0.193 e. The first-order chi connectivity index (χ1) is 8.70. The number of nitriles is 1. The summed E-state index contributed by atoms with van der Waals surface area (Å²) in [4.78, 5) is 12.1. The van der Waals surface area contributed by atoms with Crippen molar-refractivity contribution in [3.05, 3.63) is 71.0 Å². The number of carbonyl (C=O) groups excluding carboxylic acids is 1. The number of hydrogen-bond acceptors (Lipinski definition) is 2. The van der Waals surface area contributed by atoms with Crippen LogP contribution in [0, 0.1) is 17.1 Å². The predicted octanol–water partition coefficient (Wildman–Crippen LogP) is 3.12. The first-order valence-corrected chi connectivity index (χ1v) is 5.47. The highest BCUT2D eigenvalue weighted by atomic mass is 19.1. The van der Waals surface area contributed by atoms with Gasteiger partial charge in [-0.05, 0) is 35.9 Å². The third kappa shape index (κ3) is 2.61. The van der Waals surface area contributed by atoms with Crippen molar-refractivity contribution in [1.82, 2.24) is 0 Å². The van der Waals surface area contributed by atoms with E-state index >= 15 is 0 Å². The summed E-state index contributed by atoms with van der Waals surface area (Å²) in [5.74, 6) is -0.542. The summed E-state index contributed by atoms with van der Waals surface area (Å²) in [6.07, 6.45) is 0.268. The van der Waals surface area contributed by atoms with Crippen LogP contribution in [0.4, 0.5) is 4.39 Å². The van der Waals surface area contributed by atoms with Crippen molar-refractivity contribution in [3.63, 3.8) is 0 Å². The van der Waals surface area contributed by atoms with Gasteiger partial charge in [-0.25, -0.2) is 4.39 Å². The second kappa shape index (κ2) is 5.24. The Hall–Kier alpha value is -2.47. The molecule has 0 saturated heterocycles. The molecule has 0 N–H and O–H groups in total.